The van der Waals surface area contributed by atoms with Gasteiger partial charge in [0, 0.05) is 18.0 Å². The van der Waals surface area contributed by atoms with Crippen LogP contribution in [-0.4, -0.2) is 57.1 Å². The Balaban J connectivity index is 1.84. The number of nitrogens with zero attached hydrogens (tertiary/aromatic N) is 2. The van der Waals surface area contributed by atoms with Crippen LogP contribution in [0.5, 0.6) is 0 Å². The topological polar surface area (TPSA) is 60.8 Å². The highest BCUT2D eigenvalue weighted by Crippen LogP contribution is 2.22. The number of hydrogen-bond donors (Lipinski definition) is 2. The highest BCUT2D eigenvalue weighted by atomic mass is 32.1. The number of hydrogen-bond acceptors (Lipinski definition) is 5. The lowest BCUT2D eigenvalue weighted by Crippen LogP contribution is -2.43. The smallest absolute Gasteiger partial charge is 0.314 e. The fourth-order valence-corrected chi connectivity index (χ4v) is 3.40. The molecule has 0 radical (unpaired) electrons. The number of nitrogens with one attached hydrogen (secondary N) is 2. The van der Waals surface area contributed by atoms with Gasteiger partial charge in [-0.05, 0) is 51.8 Å². The van der Waals surface area contributed by atoms with Crippen LogP contribution < -0.4 is 10.6 Å². The minimum Gasteiger partial charge on any atom is -0.468 e. The first-order valence-electron chi connectivity index (χ1n) is 7.90. The lowest BCUT2D eigenvalue weighted by Gasteiger charge is -2.25. The summed E-state index contributed by atoms with van der Waals surface area (Å²) < 4.78 is 5.45. The number of carbonyl (C=O) groups is 1. The molecule has 132 valence electrons. The van der Waals surface area contributed by atoms with E-state index in [1.54, 1.807) is 17.6 Å². The molecule has 24 heavy (non-hydrogen) atoms. The molecule has 2 aromatic heterocycles. The molecule has 2 atom stereocenters. The predicted octanol–water partition coefficient (Wildman–Crippen LogP) is 2.55. The summed E-state index contributed by atoms with van der Waals surface area (Å²) in [6.45, 7) is 1.05. The normalized spacial score (nSPS) is 13.9. The fourth-order valence-electron chi connectivity index (χ4n) is 2.48. The minimum absolute atomic E-state index is 0.00712. The summed E-state index contributed by atoms with van der Waals surface area (Å²) in [5, 5.41) is 7.94. The van der Waals surface area contributed by atoms with E-state index in [4.69, 9.17) is 4.42 Å². The monoisotopic (exact) mass is 350 g/mol. The van der Waals surface area contributed by atoms with Crippen molar-refractivity contribution in [3.05, 3.63) is 46.5 Å². The quantitative estimate of drug-likeness (QED) is 0.768. The first-order chi connectivity index (χ1) is 11.5. The van der Waals surface area contributed by atoms with Crippen LogP contribution in [0, 0.1) is 0 Å². The third-order valence-electron chi connectivity index (χ3n) is 3.90. The maximum Gasteiger partial charge on any atom is 0.314 e. The van der Waals surface area contributed by atoms with Crippen molar-refractivity contribution in [2.75, 3.05) is 41.3 Å². The van der Waals surface area contributed by atoms with Crippen LogP contribution in [-0.2, 0) is 0 Å². The van der Waals surface area contributed by atoms with Crippen molar-refractivity contribution in [1.82, 2.24) is 20.4 Å². The van der Waals surface area contributed by atoms with Crippen molar-refractivity contribution in [1.29, 1.82) is 0 Å². The Hall–Kier alpha value is -1.83. The maximum atomic E-state index is 12.1. The molecule has 6 nitrogen and oxygen atoms in total. The number of urea groups is 1. The third-order valence-corrected chi connectivity index (χ3v) is 4.88. The number of amides is 2. The molecule has 0 aromatic carbocycles. The molecule has 0 saturated carbocycles. The third kappa shape index (κ3) is 5.09. The van der Waals surface area contributed by atoms with E-state index in [-0.39, 0.29) is 18.1 Å². The molecule has 0 aliphatic heterocycles. The van der Waals surface area contributed by atoms with Crippen molar-refractivity contribution in [2.45, 2.75) is 12.1 Å². The molecule has 2 rings (SSSR count). The lowest BCUT2D eigenvalue weighted by atomic mass is 10.2. The van der Waals surface area contributed by atoms with Crippen molar-refractivity contribution in [3.63, 3.8) is 0 Å². The summed E-state index contributed by atoms with van der Waals surface area (Å²) in [6.07, 6.45) is 1.65. The van der Waals surface area contributed by atoms with Crippen molar-refractivity contribution < 1.29 is 9.21 Å². The van der Waals surface area contributed by atoms with Crippen LogP contribution in [0.2, 0.25) is 0 Å². The van der Waals surface area contributed by atoms with E-state index in [0.717, 1.165) is 5.76 Å². The van der Waals surface area contributed by atoms with Crippen LogP contribution in [0.3, 0.4) is 0 Å². The Morgan fingerprint density at radius 2 is 1.75 bits per heavy atom. The molecular weight excluding hydrogens is 324 g/mol. The molecule has 0 bridgehead atoms. The Morgan fingerprint density at radius 3 is 2.25 bits per heavy atom. The summed E-state index contributed by atoms with van der Waals surface area (Å²) in [5.41, 5.74) is 0. The predicted molar refractivity (Wildman–Crippen MR) is 97.3 cm³/mol. The summed E-state index contributed by atoms with van der Waals surface area (Å²) in [6, 6.07) is 7.91. The van der Waals surface area contributed by atoms with Gasteiger partial charge in [0.2, 0.25) is 0 Å². The minimum atomic E-state index is -0.170. The summed E-state index contributed by atoms with van der Waals surface area (Å²) in [7, 11) is 7.96. The summed E-state index contributed by atoms with van der Waals surface area (Å²) in [5.74, 6) is 0.838. The average Bonchev–Trinajstić information content (AvgIpc) is 3.20. The van der Waals surface area contributed by atoms with E-state index in [1.165, 1.54) is 4.88 Å². The zero-order valence-electron chi connectivity index (χ0n) is 14.7. The van der Waals surface area contributed by atoms with Crippen LogP contribution in [0.15, 0.2) is 40.3 Å². The van der Waals surface area contributed by atoms with E-state index in [1.807, 2.05) is 51.3 Å². The standard InChI is InChI=1S/C17H26N4O2S/c1-20(2)13(15-7-5-9-23-15)11-18-17(22)19-12-14(21(3)4)16-8-6-10-24-16/h5-10,13-14H,11-12H2,1-4H3,(H2,18,19,22). The Labute approximate surface area is 147 Å². The highest BCUT2D eigenvalue weighted by molar-refractivity contribution is 7.10. The Kier molecular flexibility index (Phi) is 6.84. The second-order valence-corrected chi connectivity index (χ2v) is 7.06. The van der Waals surface area contributed by atoms with Gasteiger partial charge < -0.3 is 20.0 Å². The fraction of sp³-hybridized carbons (Fsp3) is 0.471. The number of furan rings is 1. The molecule has 0 aliphatic rings. The Bertz CT molecular complexity index is 544. The molecule has 0 spiro atoms. The molecule has 2 aromatic rings. The second-order valence-electron chi connectivity index (χ2n) is 6.08. The van der Waals surface area contributed by atoms with Gasteiger partial charge >= 0.3 is 6.03 Å². The van der Waals surface area contributed by atoms with Crippen LogP contribution in [0.25, 0.3) is 0 Å². The van der Waals surface area contributed by atoms with Gasteiger partial charge in [-0.3, -0.25) is 4.90 Å². The van der Waals surface area contributed by atoms with E-state index >= 15 is 0 Å². The van der Waals surface area contributed by atoms with Crippen LogP contribution in [0.1, 0.15) is 22.7 Å². The van der Waals surface area contributed by atoms with Gasteiger partial charge in [-0.2, -0.15) is 0 Å². The summed E-state index contributed by atoms with van der Waals surface area (Å²) >= 11 is 1.70. The maximum absolute atomic E-state index is 12.1. The molecular formula is C17H26N4O2S. The van der Waals surface area contributed by atoms with E-state index < -0.39 is 0 Å². The molecule has 7 heteroatoms. The SMILES string of the molecule is CN(C)C(CNC(=O)NCC(c1cccs1)N(C)C)c1ccco1. The molecule has 0 saturated heterocycles. The van der Waals surface area contributed by atoms with Gasteiger partial charge in [0.05, 0.1) is 18.3 Å². The number of carbonyl (C=O) groups excluding carboxylic acids is 1. The molecule has 2 heterocycles. The first kappa shape index (κ1) is 18.5. The average molecular weight is 350 g/mol. The molecule has 2 amide bonds. The van der Waals surface area contributed by atoms with Crippen molar-refractivity contribution in [2.24, 2.45) is 0 Å². The van der Waals surface area contributed by atoms with Crippen molar-refractivity contribution >= 4 is 17.4 Å². The van der Waals surface area contributed by atoms with Gasteiger partial charge in [0.15, 0.2) is 0 Å². The zero-order valence-corrected chi connectivity index (χ0v) is 15.5. The van der Waals surface area contributed by atoms with Crippen LogP contribution >= 0.6 is 11.3 Å². The molecule has 2 unspecified atom stereocenters. The van der Waals surface area contributed by atoms with E-state index in [9.17, 15) is 4.79 Å². The highest BCUT2D eigenvalue weighted by Gasteiger charge is 2.19. The van der Waals surface area contributed by atoms with Crippen LogP contribution in [0.4, 0.5) is 4.79 Å². The van der Waals surface area contributed by atoms with Crippen molar-refractivity contribution in [3.8, 4) is 0 Å². The van der Waals surface area contributed by atoms with Gasteiger partial charge in [-0.25, -0.2) is 4.79 Å². The summed E-state index contributed by atoms with van der Waals surface area (Å²) in [4.78, 5) is 17.5. The number of thiophene rings is 1. The first-order valence-corrected chi connectivity index (χ1v) is 8.78. The van der Waals surface area contributed by atoms with Gasteiger partial charge in [-0.1, -0.05) is 6.07 Å². The lowest BCUT2D eigenvalue weighted by molar-refractivity contribution is 0.220. The molecule has 0 aliphatic carbocycles. The zero-order chi connectivity index (χ0) is 17.5. The van der Waals surface area contributed by atoms with Gasteiger partial charge in [0.1, 0.15) is 5.76 Å². The largest absolute Gasteiger partial charge is 0.468 e. The van der Waals surface area contributed by atoms with E-state index in [2.05, 4.69) is 27.0 Å². The molecule has 0 fully saturated rings. The van der Waals surface area contributed by atoms with Gasteiger partial charge in [0.25, 0.3) is 0 Å². The number of rotatable bonds is 8. The second kappa shape index (κ2) is 8.86. The van der Waals surface area contributed by atoms with E-state index in [0.29, 0.717) is 13.1 Å². The Morgan fingerprint density at radius 1 is 1.08 bits per heavy atom. The molecule has 2 N–H and O–H groups in total. The van der Waals surface area contributed by atoms with Gasteiger partial charge in [-0.15, -0.1) is 11.3 Å². The number of likely N-dealkylation sites (N-methyl/N-ethyl adjacent to an activating group) is 2.